The Morgan fingerprint density at radius 3 is 2.76 bits per heavy atom. The standard InChI is InChI=1S/C12H12Cl2F3N3O/c1-7(13)10-19-9-4-8(14)5-18-11(9)20(10)2-3-21-6-12(15,16)17/h4-5,7H,2-3,6H2,1H3. The summed E-state index contributed by atoms with van der Waals surface area (Å²) in [6.07, 6.45) is -2.90. The quantitative estimate of drug-likeness (QED) is 0.610. The molecule has 4 nitrogen and oxygen atoms in total. The first-order valence-electron chi connectivity index (χ1n) is 6.08. The van der Waals surface area contributed by atoms with Gasteiger partial charge >= 0.3 is 6.18 Å². The van der Waals surface area contributed by atoms with Crippen LogP contribution in [0.25, 0.3) is 11.2 Å². The Labute approximate surface area is 128 Å². The fourth-order valence-electron chi connectivity index (χ4n) is 1.87. The highest BCUT2D eigenvalue weighted by molar-refractivity contribution is 6.31. The molecule has 9 heteroatoms. The molecule has 0 aliphatic rings. The molecular formula is C12H12Cl2F3N3O. The Kier molecular flexibility index (Phi) is 4.95. The SMILES string of the molecule is CC(Cl)c1nc2cc(Cl)cnc2n1CCOCC(F)(F)F. The second-order valence-electron chi connectivity index (χ2n) is 4.40. The van der Waals surface area contributed by atoms with Gasteiger partial charge in [0.25, 0.3) is 0 Å². The number of alkyl halides is 4. The van der Waals surface area contributed by atoms with Gasteiger partial charge in [-0.15, -0.1) is 11.6 Å². The van der Waals surface area contributed by atoms with E-state index in [1.165, 1.54) is 6.20 Å². The molecule has 0 aliphatic heterocycles. The van der Waals surface area contributed by atoms with Gasteiger partial charge in [-0.25, -0.2) is 9.97 Å². The van der Waals surface area contributed by atoms with Crippen LogP contribution in [0, 0.1) is 0 Å². The number of pyridine rings is 1. The summed E-state index contributed by atoms with van der Waals surface area (Å²) in [4.78, 5) is 8.45. The van der Waals surface area contributed by atoms with E-state index >= 15 is 0 Å². The van der Waals surface area contributed by atoms with E-state index in [1.54, 1.807) is 17.6 Å². The average molecular weight is 342 g/mol. The molecule has 0 radical (unpaired) electrons. The van der Waals surface area contributed by atoms with Crippen LogP contribution in [-0.2, 0) is 11.3 Å². The lowest BCUT2D eigenvalue weighted by atomic mass is 10.4. The van der Waals surface area contributed by atoms with Crippen LogP contribution in [0.5, 0.6) is 0 Å². The summed E-state index contributed by atoms with van der Waals surface area (Å²) in [7, 11) is 0. The van der Waals surface area contributed by atoms with Gasteiger partial charge in [0, 0.05) is 12.7 Å². The topological polar surface area (TPSA) is 39.9 Å². The monoisotopic (exact) mass is 341 g/mol. The second kappa shape index (κ2) is 6.37. The molecule has 0 fully saturated rings. The number of ether oxygens (including phenoxy) is 1. The molecule has 0 amide bonds. The molecule has 0 saturated carbocycles. The van der Waals surface area contributed by atoms with E-state index in [-0.39, 0.29) is 13.2 Å². The summed E-state index contributed by atoms with van der Waals surface area (Å²) in [6, 6.07) is 1.62. The van der Waals surface area contributed by atoms with Gasteiger partial charge in [-0.2, -0.15) is 13.2 Å². The molecule has 0 aromatic carbocycles. The van der Waals surface area contributed by atoms with Crippen LogP contribution in [0.1, 0.15) is 18.1 Å². The van der Waals surface area contributed by atoms with E-state index in [0.29, 0.717) is 22.0 Å². The molecule has 0 saturated heterocycles. The fourth-order valence-corrected chi connectivity index (χ4v) is 2.19. The third kappa shape index (κ3) is 4.21. The van der Waals surface area contributed by atoms with Crippen LogP contribution in [0.15, 0.2) is 12.3 Å². The summed E-state index contributed by atoms with van der Waals surface area (Å²) in [5.41, 5.74) is 1.05. The minimum atomic E-state index is -4.34. The van der Waals surface area contributed by atoms with Crippen molar-refractivity contribution in [2.45, 2.75) is 25.0 Å². The first-order valence-corrected chi connectivity index (χ1v) is 6.89. The van der Waals surface area contributed by atoms with Crippen LogP contribution < -0.4 is 0 Å². The summed E-state index contributed by atoms with van der Waals surface area (Å²) in [5, 5.41) is 0.00911. The second-order valence-corrected chi connectivity index (χ2v) is 5.49. The van der Waals surface area contributed by atoms with E-state index in [4.69, 9.17) is 23.2 Å². The van der Waals surface area contributed by atoms with Gasteiger partial charge in [0.05, 0.1) is 17.0 Å². The smallest absolute Gasteiger partial charge is 0.370 e. The lowest BCUT2D eigenvalue weighted by molar-refractivity contribution is -0.174. The van der Waals surface area contributed by atoms with Gasteiger partial charge in [-0.3, -0.25) is 0 Å². The zero-order valence-corrected chi connectivity index (χ0v) is 12.5. The third-order valence-electron chi connectivity index (χ3n) is 2.66. The van der Waals surface area contributed by atoms with Crippen molar-refractivity contribution >= 4 is 34.4 Å². The predicted octanol–water partition coefficient (Wildman–Crippen LogP) is 3.96. The van der Waals surface area contributed by atoms with Crippen molar-refractivity contribution in [3.63, 3.8) is 0 Å². The van der Waals surface area contributed by atoms with Crippen LogP contribution >= 0.6 is 23.2 Å². The van der Waals surface area contributed by atoms with Gasteiger partial charge < -0.3 is 9.30 Å². The molecule has 0 aliphatic carbocycles. The Morgan fingerprint density at radius 1 is 1.43 bits per heavy atom. The maximum absolute atomic E-state index is 12.0. The van der Waals surface area contributed by atoms with Gasteiger partial charge in [0.1, 0.15) is 17.9 Å². The Morgan fingerprint density at radius 2 is 2.14 bits per heavy atom. The molecule has 0 spiro atoms. The molecule has 2 heterocycles. The highest BCUT2D eigenvalue weighted by atomic mass is 35.5. The van der Waals surface area contributed by atoms with Crippen molar-refractivity contribution in [3.8, 4) is 0 Å². The number of fused-ring (bicyclic) bond motifs is 1. The molecule has 21 heavy (non-hydrogen) atoms. The van der Waals surface area contributed by atoms with E-state index < -0.39 is 18.2 Å². The Hall–Kier alpha value is -1.05. The zero-order chi connectivity index (χ0) is 15.6. The largest absolute Gasteiger partial charge is 0.411 e. The van der Waals surface area contributed by atoms with Gasteiger partial charge in [0.15, 0.2) is 5.65 Å². The fraction of sp³-hybridized carbons (Fsp3) is 0.500. The van der Waals surface area contributed by atoms with E-state index in [9.17, 15) is 13.2 Å². The molecule has 2 aromatic heterocycles. The lowest BCUT2D eigenvalue weighted by Crippen LogP contribution is -2.19. The van der Waals surface area contributed by atoms with Gasteiger partial charge in [0.2, 0.25) is 0 Å². The number of aromatic nitrogens is 3. The van der Waals surface area contributed by atoms with Crippen LogP contribution in [0.2, 0.25) is 5.02 Å². The normalized spacial score (nSPS) is 13.8. The first-order chi connectivity index (χ1) is 9.78. The summed E-state index contributed by atoms with van der Waals surface area (Å²) in [6.45, 7) is 0.488. The predicted molar refractivity (Wildman–Crippen MR) is 73.7 cm³/mol. The molecule has 2 rings (SSSR count). The zero-order valence-electron chi connectivity index (χ0n) is 11.0. The number of nitrogens with zero attached hydrogens (tertiary/aromatic N) is 3. The van der Waals surface area contributed by atoms with Crippen LogP contribution in [0.3, 0.4) is 0 Å². The van der Waals surface area contributed by atoms with Gasteiger partial charge in [-0.1, -0.05) is 11.6 Å². The molecule has 1 atom stereocenters. The maximum Gasteiger partial charge on any atom is 0.411 e. The molecule has 116 valence electrons. The first kappa shape index (κ1) is 16.3. The summed E-state index contributed by atoms with van der Waals surface area (Å²) < 4.78 is 42.3. The number of rotatable bonds is 5. The lowest BCUT2D eigenvalue weighted by Gasteiger charge is -2.11. The van der Waals surface area contributed by atoms with Crippen molar-refractivity contribution < 1.29 is 17.9 Å². The number of halogens is 5. The van der Waals surface area contributed by atoms with Crippen LogP contribution in [0.4, 0.5) is 13.2 Å². The van der Waals surface area contributed by atoms with Crippen molar-refractivity contribution in [3.05, 3.63) is 23.1 Å². The average Bonchev–Trinajstić information content (AvgIpc) is 2.71. The number of hydrogen-bond donors (Lipinski definition) is 0. The maximum atomic E-state index is 12.0. The third-order valence-corrected chi connectivity index (χ3v) is 3.06. The molecule has 2 aromatic rings. The highest BCUT2D eigenvalue weighted by Gasteiger charge is 2.27. The van der Waals surface area contributed by atoms with Crippen LogP contribution in [-0.4, -0.2) is 33.9 Å². The van der Waals surface area contributed by atoms with Crippen molar-refractivity contribution in [1.82, 2.24) is 14.5 Å². The number of imidazole rings is 1. The molecular weight excluding hydrogens is 330 g/mol. The van der Waals surface area contributed by atoms with Gasteiger partial charge in [-0.05, 0) is 13.0 Å². The molecule has 0 bridgehead atoms. The summed E-state index contributed by atoms with van der Waals surface area (Å²) in [5.74, 6) is 0.511. The van der Waals surface area contributed by atoms with E-state index in [0.717, 1.165) is 0 Å². The van der Waals surface area contributed by atoms with Crippen molar-refractivity contribution in [2.75, 3.05) is 13.2 Å². The Balaban J connectivity index is 2.19. The van der Waals surface area contributed by atoms with Crippen molar-refractivity contribution in [2.24, 2.45) is 0 Å². The van der Waals surface area contributed by atoms with E-state index in [2.05, 4.69) is 14.7 Å². The van der Waals surface area contributed by atoms with Crippen molar-refractivity contribution in [1.29, 1.82) is 0 Å². The van der Waals surface area contributed by atoms with E-state index in [1.807, 2.05) is 0 Å². The Bertz CT molecular complexity index is 628. The molecule has 0 N–H and O–H groups in total. The number of hydrogen-bond acceptors (Lipinski definition) is 3. The minimum absolute atomic E-state index is 0.119. The molecule has 1 unspecified atom stereocenters. The summed E-state index contributed by atoms with van der Waals surface area (Å²) >= 11 is 11.9. The highest BCUT2D eigenvalue weighted by Crippen LogP contribution is 2.25. The minimum Gasteiger partial charge on any atom is -0.370 e.